The molecule has 2 N–H and O–H groups in total. The molecule has 1 saturated heterocycles. The number of aliphatic hydroxyl groups excluding tert-OH is 1. The molecular weight excluding hydrogens is 306 g/mol. The summed E-state index contributed by atoms with van der Waals surface area (Å²) in [4.78, 5) is 12.4. The van der Waals surface area contributed by atoms with Gasteiger partial charge in [0.15, 0.2) is 0 Å². The summed E-state index contributed by atoms with van der Waals surface area (Å²) in [6, 6.07) is 1.85. The zero-order valence-corrected chi connectivity index (χ0v) is 15.5. The van der Waals surface area contributed by atoms with E-state index in [4.69, 9.17) is 4.74 Å². The van der Waals surface area contributed by atoms with Crippen LogP contribution in [-0.2, 0) is 10.3 Å². The largest absolute Gasteiger partial charge is 0.391 e. The Bertz CT molecular complexity index is 554. The Hall–Kier alpha value is -1.40. The fraction of sp³-hybridized carbons (Fsp3) is 0.778. The lowest BCUT2D eigenvalue weighted by molar-refractivity contribution is 0.00870. The average Bonchev–Trinajstić information content (AvgIpc) is 2.99. The summed E-state index contributed by atoms with van der Waals surface area (Å²) in [6.45, 7) is 12.0. The number of rotatable bonds is 5. The van der Waals surface area contributed by atoms with Crippen molar-refractivity contribution in [2.45, 2.75) is 65.0 Å². The predicted molar refractivity (Wildman–Crippen MR) is 93.2 cm³/mol. The second-order valence-electron chi connectivity index (χ2n) is 7.92. The third-order valence-corrected chi connectivity index (χ3v) is 4.48. The number of nitrogens with one attached hydrogen (secondary N) is 1. The summed E-state index contributed by atoms with van der Waals surface area (Å²) in [5, 5.41) is 17.6. The number of hydrogen-bond acceptors (Lipinski definition) is 4. The van der Waals surface area contributed by atoms with E-state index in [-0.39, 0.29) is 29.8 Å². The Morgan fingerprint density at radius 2 is 2.04 bits per heavy atom. The lowest BCUT2D eigenvalue weighted by Crippen LogP contribution is -2.38. The van der Waals surface area contributed by atoms with Crippen molar-refractivity contribution in [1.82, 2.24) is 15.1 Å². The molecule has 1 aromatic heterocycles. The van der Waals surface area contributed by atoms with Crippen LogP contribution < -0.4 is 5.32 Å². The minimum Gasteiger partial charge on any atom is -0.391 e. The van der Waals surface area contributed by atoms with Gasteiger partial charge in [-0.15, -0.1) is 0 Å². The van der Waals surface area contributed by atoms with Gasteiger partial charge in [-0.2, -0.15) is 5.10 Å². The van der Waals surface area contributed by atoms with Crippen LogP contribution in [-0.4, -0.2) is 46.7 Å². The van der Waals surface area contributed by atoms with Crippen molar-refractivity contribution in [3.05, 3.63) is 17.5 Å². The molecule has 2 heterocycles. The molecule has 1 fully saturated rings. The van der Waals surface area contributed by atoms with E-state index in [1.54, 1.807) is 0 Å². The van der Waals surface area contributed by atoms with Crippen LogP contribution in [0.2, 0.25) is 0 Å². The van der Waals surface area contributed by atoms with E-state index in [1.807, 2.05) is 10.7 Å². The molecular formula is C18H31N3O3. The van der Waals surface area contributed by atoms with Crippen molar-refractivity contribution in [2.75, 3.05) is 19.8 Å². The van der Waals surface area contributed by atoms with Gasteiger partial charge in [-0.1, -0.05) is 13.8 Å². The van der Waals surface area contributed by atoms with Crippen LogP contribution >= 0.6 is 0 Å². The monoisotopic (exact) mass is 337 g/mol. The highest BCUT2D eigenvalue weighted by Gasteiger charge is 2.25. The molecule has 0 unspecified atom stereocenters. The average molecular weight is 337 g/mol. The lowest BCUT2D eigenvalue weighted by Gasteiger charge is -2.26. The van der Waals surface area contributed by atoms with Crippen LogP contribution in [0, 0.1) is 5.92 Å². The molecule has 24 heavy (non-hydrogen) atoms. The number of ether oxygens (including phenoxy) is 1. The van der Waals surface area contributed by atoms with Crippen molar-refractivity contribution >= 4 is 5.91 Å². The fourth-order valence-corrected chi connectivity index (χ4v) is 3.01. The summed E-state index contributed by atoms with van der Waals surface area (Å²) < 4.78 is 7.22. The SMILES string of the molecule is CC(C)c1cc(C(=O)NC[C@H](O)C2CCOCC2)nn1C(C)(C)C. The molecule has 1 aromatic rings. The highest BCUT2D eigenvalue weighted by atomic mass is 16.5. The van der Waals surface area contributed by atoms with Gasteiger partial charge in [0.1, 0.15) is 5.69 Å². The van der Waals surface area contributed by atoms with Crippen LogP contribution in [0.3, 0.4) is 0 Å². The van der Waals surface area contributed by atoms with E-state index in [0.29, 0.717) is 18.9 Å². The lowest BCUT2D eigenvalue weighted by atomic mass is 9.94. The first kappa shape index (κ1) is 18.9. The Balaban J connectivity index is 2.01. The summed E-state index contributed by atoms with van der Waals surface area (Å²) >= 11 is 0. The molecule has 0 aliphatic carbocycles. The van der Waals surface area contributed by atoms with Gasteiger partial charge in [0.2, 0.25) is 0 Å². The maximum Gasteiger partial charge on any atom is 0.271 e. The topological polar surface area (TPSA) is 76.4 Å². The fourth-order valence-electron chi connectivity index (χ4n) is 3.01. The van der Waals surface area contributed by atoms with E-state index in [1.165, 1.54) is 0 Å². The molecule has 0 radical (unpaired) electrons. The number of carbonyl (C=O) groups excluding carboxylic acids is 1. The Morgan fingerprint density at radius 3 is 2.54 bits per heavy atom. The zero-order valence-electron chi connectivity index (χ0n) is 15.5. The van der Waals surface area contributed by atoms with E-state index in [9.17, 15) is 9.90 Å². The number of carbonyl (C=O) groups is 1. The molecule has 0 bridgehead atoms. The van der Waals surface area contributed by atoms with Gasteiger partial charge in [-0.25, -0.2) is 0 Å². The van der Waals surface area contributed by atoms with Crippen LogP contribution in [0.4, 0.5) is 0 Å². The molecule has 6 heteroatoms. The van der Waals surface area contributed by atoms with Crippen molar-refractivity contribution in [3.63, 3.8) is 0 Å². The maximum absolute atomic E-state index is 12.4. The van der Waals surface area contributed by atoms with Crippen LogP contribution in [0.15, 0.2) is 6.07 Å². The van der Waals surface area contributed by atoms with Gasteiger partial charge in [0, 0.05) is 25.5 Å². The van der Waals surface area contributed by atoms with Crippen molar-refractivity contribution in [2.24, 2.45) is 5.92 Å². The van der Waals surface area contributed by atoms with Gasteiger partial charge < -0.3 is 15.2 Å². The van der Waals surface area contributed by atoms with Crippen molar-refractivity contribution in [3.8, 4) is 0 Å². The van der Waals surface area contributed by atoms with Crippen molar-refractivity contribution in [1.29, 1.82) is 0 Å². The van der Waals surface area contributed by atoms with Gasteiger partial charge in [0.05, 0.1) is 11.6 Å². The molecule has 1 aliphatic heterocycles. The minimum atomic E-state index is -0.535. The molecule has 0 aromatic carbocycles. The summed E-state index contributed by atoms with van der Waals surface area (Å²) in [7, 11) is 0. The van der Waals surface area contributed by atoms with E-state index >= 15 is 0 Å². The third kappa shape index (κ3) is 4.57. The first-order valence-electron chi connectivity index (χ1n) is 8.84. The highest BCUT2D eigenvalue weighted by Crippen LogP contribution is 2.23. The second-order valence-corrected chi connectivity index (χ2v) is 7.92. The Labute approximate surface area is 144 Å². The van der Waals surface area contributed by atoms with Gasteiger partial charge in [-0.05, 0) is 51.5 Å². The standard InChI is InChI=1S/C18H31N3O3/c1-12(2)15-10-14(20-21(15)18(3,4)5)17(23)19-11-16(22)13-6-8-24-9-7-13/h10,12-13,16,22H,6-9,11H2,1-5H3,(H,19,23)/t16-/m0/s1. The molecule has 1 amide bonds. The number of aliphatic hydroxyl groups is 1. The van der Waals surface area contributed by atoms with E-state index in [2.05, 4.69) is 45.0 Å². The van der Waals surface area contributed by atoms with E-state index in [0.717, 1.165) is 18.5 Å². The number of nitrogens with zero attached hydrogens (tertiary/aromatic N) is 2. The first-order chi connectivity index (χ1) is 11.2. The number of amides is 1. The molecule has 1 aliphatic rings. The summed E-state index contributed by atoms with van der Waals surface area (Å²) in [5.41, 5.74) is 1.27. The van der Waals surface area contributed by atoms with Crippen LogP contribution in [0.5, 0.6) is 0 Å². The predicted octanol–water partition coefficient (Wildman–Crippen LogP) is 2.28. The van der Waals surface area contributed by atoms with E-state index < -0.39 is 6.10 Å². The van der Waals surface area contributed by atoms with Crippen LogP contribution in [0.25, 0.3) is 0 Å². The number of hydrogen-bond donors (Lipinski definition) is 2. The zero-order chi connectivity index (χ0) is 17.9. The van der Waals surface area contributed by atoms with Gasteiger partial charge >= 0.3 is 0 Å². The normalized spacial score (nSPS) is 18.0. The minimum absolute atomic E-state index is 0.181. The molecule has 136 valence electrons. The quantitative estimate of drug-likeness (QED) is 0.864. The first-order valence-corrected chi connectivity index (χ1v) is 8.84. The Kier molecular flexibility index (Phi) is 6.04. The highest BCUT2D eigenvalue weighted by molar-refractivity contribution is 5.92. The maximum atomic E-state index is 12.4. The molecule has 0 saturated carbocycles. The number of aromatic nitrogens is 2. The molecule has 0 spiro atoms. The van der Waals surface area contributed by atoms with Crippen LogP contribution in [0.1, 0.15) is 69.6 Å². The molecule has 6 nitrogen and oxygen atoms in total. The summed E-state index contributed by atoms with van der Waals surface area (Å²) in [5.74, 6) is 0.245. The summed E-state index contributed by atoms with van der Waals surface area (Å²) in [6.07, 6.45) is 1.15. The smallest absolute Gasteiger partial charge is 0.271 e. The van der Waals surface area contributed by atoms with Crippen molar-refractivity contribution < 1.29 is 14.6 Å². The van der Waals surface area contributed by atoms with Gasteiger partial charge in [0.25, 0.3) is 5.91 Å². The molecule has 2 rings (SSSR count). The Morgan fingerprint density at radius 1 is 1.42 bits per heavy atom. The van der Waals surface area contributed by atoms with Gasteiger partial charge in [-0.3, -0.25) is 9.48 Å². The molecule has 1 atom stereocenters. The third-order valence-electron chi connectivity index (χ3n) is 4.48. The second kappa shape index (κ2) is 7.66.